The number of hydrogen-bond acceptors (Lipinski definition) is 3. The van der Waals surface area contributed by atoms with Crippen molar-refractivity contribution in [3.8, 4) is 11.5 Å². The number of guanidine groups is 1. The van der Waals surface area contributed by atoms with Crippen molar-refractivity contribution in [1.82, 2.24) is 15.6 Å². The largest absolute Gasteiger partial charge is 0.444 e. The monoisotopic (exact) mass is 330 g/mol. The van der Waals surface area contributed by atoms with E-state index in [0.29, 0.717) is 24.9 Å². The van der Waals surface area contributed by atoms with Gasteiger partial charge in [-0.05, 0) is 43.5 Å². The Labute approximate surface area is 141 Å². The van der Waals surface area contributed by atoms with Crippen molar-refractivity contribution in [1.29, 1.82) is 0 Å². The maximum atomic E-state index is 13.0. The van der Waals surface area contributed by atoms with Gasteiger partial charge in [-0.15, -0.1) is 0 Å². The van der Waals surface area contributed by atoms with Crippen LogP contribution in [-0.2, 0) is 6.42 Å². The summed E-state index contributed by atoms with van der Waals surface area (Å²) >= 11 is 0. The first kappa shape index (κ1) is 16.5. The van der Waals surface area contributed by atoms with Crippen LogP contribution in [0, 0.1) is 11.7 Å². The second kappa shape index (κ2) is 7.47. The van der Waals surface area contributed by atoms with Crippen molar-refractivity contribution in [2.24, 2.45) is 10.9 Å². The van der Waals surface area contributed by atoms with E-state index in [2.05, 4.69) is 34.5 Å². The van der Waals surface area contributed by atoms with Crippen molar-refractivity contribution in [2.75, 3.05) is 13.1 Å². The van der Waals surface area contributed by atoms with Crippen molar-refractivity contribution in [2.45, 2.75) is 32.7 Å². The van der Waals surface area contributed by atoms with Gasteiger partial charge in [-0.2, -0.15) is 0 Å². The fourth-order valence-corrected chi connectivity index (χ4v) is 2.45. The predicted molar refractivity (Wildman–Crippen MR) is 92.3 cm³/mol. The smallest absolute Gasteiger partial charge is 0.226 e. The van der Waals surface area contributed by atoms with Crippen molar-refractivity contribution < 1.29 is 8.81 Å². The lowest BCUT2D eigenvalue weighted by Gasteiger charge is -2.10. The molecule has 5 nitrogen and oxygen atoms in total. The lowest BCUT2D eigenvalue weighted by atomic mass is 10.2. The Morgan fingerprint density at radius 1 is 1.38 bits per heavy atom. The van der Waals surface area contributed by atoms with Gasteiger partial charge in [0.1, 0.15) is 12.1 Å². The molecule has 1 aliphatic carbocycles. The average Bonchev–Trinajstić information content (AvgIpc) is 3.07. The van der Waals surface area contributed by atoms with Crippen LogP contribution in [0.5, 0.6) is 0 Å². The summed E-state index contributed by atoms with van der Waals surface area (Å²) in [6.45, 7) is 5.76. The minimum atomic E-state index is -0.270. The maximum absolute atomic E-state index is 13.0. The van der Waals surface area contributed by atoms with Crippen LogP contribution < -0.4 is 10.6 Å². The van der Waals surface area contributed by atoms with Gasteiger partial charge in [0.25, 0.3) is 0 Å². The fourth-order valence-electron chi connectivity index (χ4n) is 2.45. The molecule has 128 valence electrons. The summed E-state index contributed by atoms with van der Waals surface area (Å²) in [7, 11) is 0. The highest BCUT2D eigenvalue weighted by molar-refractivity contribution is 5.80. The van der Waals surface area contributed by atoms with Gasteiger partial charge in [-0.25, -0.2) is 9.37 Å². The number of hydrogen-bond donors (Lipinski definition) is 2. The third-order valence-corrected chi connectivity index (χ3v) is 4.06. The maximum Gasteiger partial charge on any atom is 0.226 e. The van der Waals surface area contributed by atoms with Gasteiger partial charge in [0.15, 0.2) is 5.96 Å². The molecule has 2 unspecified atom stereocenters. The number of rotatable bonds is 6. The standard InChI is InChI=1S/C18H23FN4O/c1-3-20-18(23-16-10-12(16)2)21-9-8-15-11-24-17(22-15)13-4-6-14(19)7-5-13/h4-7,11-12,16H,3,8-10H2,1-2H3,(H2,20,21,23). The Morgan fingerprint density at radius 2 is 2.12 bits per heavy atom. The van der Waals surface area contributed by atoms with Crippen LogP contribution in [0.1, 0.15) is 26.0 Å². The molecule has 0 saturated heterocycles. The second-order valence-corrected chi connectivity index (χ2v) is 6.13. The van der Waals surface area contributed by atoms with Gasteiger partial charge >= 0.3 is 0 Å². The molecule has 2 atom stereocenters. The van der Waals surface area contributed by atoms with E-state index in [1.165, 1.54) is 18.6 Å². The Hall–Kier alpha value is -2.37. The van der Waals surface area contributed by atoms with Crippen LogP contribution in [0.2, 0.25) is 0 Å². The molecule has 1 fully saturated rings. The zero-order valence-electron chi connectivity index (χ0n) is 14.1. The van der Waals surface area contributed by atoms with Crippen LogP contribution in [-0.4, -0.2) is 30.1 Å². The molecule has 2 aromatic rings. The van der Waals surface area contributed by atoms with E-state index in [9.17, 15) is 4.39 Å². The minimum absolute atomic E-state index is 0.270. The van der Waals surface area contributed by atoms with Gasteiger partial charge in [0.2, 0.25) is 5.89 Å². The lowest BCUT2D eigenvalue weighted by molar-refractivity contribution is 0.572. The number of nitrogens with zero attached hydrogens (tertiary/aromatic N) is 2. The highest BCUT2D eigenvalue weighted by Gasteiger charge is 2.33. The Morgan fingerprint density at radius 3 is 2.79 bits per heavy atom. The highest BCUT2D eigenvalue weighted by Crippen LogP contribution is 2.28. The van der Waals surface area contributed by atoms with E-state index in [1.807, 2.05) is 0 Å². The summed E-state index contributed by atoms with van der Waals surface area (Å²) in [6.07, 6.45) is 3.54. The van der Waals surface area contributed by atoms with Crippen LogP contribution in [0.15, 0.2) is 39.9 Å². The zero-order chi connectivity index (χ0) is 16.9. The summed E-state index contributed by atoms with van der Waals surface area (Å²) in [5, 5.41) is 6.68. The van der Waals surface area contributed by atoms with Crippen molar-refractivity contribution in [3.05, 3.63) is 42.0 Å². The van der Waals surface area contributed by atoms with Gasteiger partial charge in [0.05, 0.1) is 5.69 Å². The van der Waals surface area contributed by atoms with E-state index in [1.54, 1.807) is 18.4 Å². The van der Waals surface area contributed by atoms with Crippen LogP contribution in [0.25, 0.3) is 11.5 Å². The predicted octanol–water partition coefficient (Wildman–Crippen LogP) is 2.99. The summed E-state index contributed by atoms with van der Waals surface area (Å²) < 4.78 is 18.4. The SMILES string of the molecule is CCNC(=NCCc1coc(-c2ccc(F)cc2)n1)NC1CC1C. The van der Waals surface area contributed by atoms with Gasteiger partial charge < -0.3 is 15.1 Å². The number of oxazole rings is 1. The molecule has 1 aliphatic rings. The van der Waals surface area contributed by atoms with Gasteiger partial charge in [0, 0.05) is 31.1 Å². The summed E-state index contributed by atoms with van der Waals surface area (Å²) in [6, 6.07) is 6.66. The molecule has 0 radical (unpaired) electrons. The van der Waals surface area contributed by atoms with Crippen molar-refractivity contribution >= 4 is 5.96 Å². The number of benzene rings is 1. The van der Waals surface area contributed by atoms with E-state index >= 15 is 0 Å². The topological polar surface area (TPSA) is 62.5 Å². The molecule has 1 aromatic carbocycles. The molecular formula is C18H23FN4O. The molecule has 0 bridgehead atoms. The Balaban J connectivity index is 1.56. The van der Waals surface area contributed by atoms with E-state index in [0.717, 1.165) is 29.7 Å². The minimum Gasteiger partial charge on any atom is -0.444 e. The third-order valence-electron chi connectivity index (χ3n) is 4.06. The number of halogens is 1. The van der Waals surface area contributed by atoms with Crippen LogP contribution in [0.4, 0.5) is 4.39 Å². The van der Waals surface area contributed by atoms with Crippen molar-refractivity contribution in [3.63, 3.8) is 0 Å². The molecule has 3 rings (SSSR count). The first-order valence-corrected chi connectivity index (χ1v) is 8.41. The zero-order valence-corrected chi connectivity index (χ0v) is 14.1. The van der Waals surface area contributed by atoms with Crippen LogP contribution >= 0.6 is 0 Å². The molecule has 0 spiro atoms. The molecular weight excluding hydrogens is 307 g/mol. The average molecular weight is 330 g/mol. The fraction of sp³-hybridized carbons (Fsp3) is 0.444. The highest BCUT2D eigenvalue weighted by atomic mass is 19.1. The second-order valence-electron chi connectivity index (χ2n) is 6.13. The molecule has 6 heteroatoms. The van der Waals surface area contributed by atoms with E-state index in [4.69, 9.17) is 4.42 Å². The third kappa shape index (κ3) is 4.34. The molecule has 1 aromatic heterocycles. The Bertz CT molecular complexity index is 695. The molecule has 0 amide bonds. The lowest BCUT2D eigenvalue weighted by Crippen LogP contribution is -2.39. The first-order valence-electron chi connectivity index (χ1n) is 8.41. The Kier molecular flexibility index (Phi) is 5.13. The van der Waals surface area contributed by atoms with Crippen LogP contribution in [0.3, 0.4) is 0 Å². The number of aromatic nitrogens is 1. The van der Waals surface area contributed by atoms with E-state index in [-0.39, 0.29) is 5.82 Å². The quantitative estimate of drug-likeness (QED) is 0.631. The molecule has 2 N–H and O–H groups in total. The normalized spacial score (nSPS) is 20.0. The van der Waals surface area contributed by atoms with E-state index < -0.39 is 0 Å². The first-order chi connectivity index (χ1) is 11.7. The summed E-state index contributed by atoms with van der Waals surface area (Å²) in [5.74, 6) is 1.82. The number of nitrogens with one attached hydrogen (secondary N) is 2. The summed E-state index contributed by atoms with van der Waals surface area (Å²) in [4.78, 5) is 9.02. The van der Waals surface area contributed by atoms with Gasteiger partial charge in [-0.3, -0.25) is 4.99 Å². The summed E-state index contributed by atoms with van der Waals surface area (Å²) in [5.41, 5.74) is 1.61. The number of aliphatic imine (C=N–C) groups is 1. The molecule has 24 heavy (non-hydrogen) atoms. The van der Waals surface area contributed by atoms with Gasteiger partial charge in [-0.1, -0.05) is 6.92 Å². The molecule has 0 aliphatic heterocycles. The molecule has 1 saturated carbocycles. The molecule has 1 heterocycles.